The number of nitrogens with zero attached hydrogens (tertiary/aromatic N) is 1. The van der Waals surface area contributed by atoms with Gasteiger partial charge >= 0.3 is 5.97 Å². The average Bonchev–Trinajstić information content (AvgIpc) is 2.76. The molecular formula is C15H21NO3S. The van der Waals surface area contributed by atoms with E-state index in [-0.39, 0.29) is 18.4 Å². The summed E-state index contributed by atoms with van der Waals surface area (Å²) in [5.74, 6) is -0.899. The van der Waals surface area contributed by atoms with Crippen LogP contribution >= 0.6 is 11.3 Å². The second-order valence-corrected chi connectivity index (χ2v) is 5.87. The van der Waals surface area contributed by atoms with E-state index in [1.54, 1.807) is 22.3 Å². The van der Waals surface area contributed by atoms with Crippen molar-refractivity contribution in [1.29, 1.82) is 0 Å². The zero-order valence-corrected chi connectivity index (χ0v) is 12.9. The van der Waals surface area contributed by atoms with Crippen molar-refractivity contribution in [3.05, 3.63) is 28.0 Å². The van der Waals surface area contributed by atoms with Gasteiger partial charge in [-0.1, -0.05) is 0 Å². The summed E-state index contributed by atoms with van der Waals surface area (Å²) >= 11 is 1.60. The number of carbonyl (C=O) groups is 2. The van der Waals surface area contributed by atoms with E-state index >= 15 is 0 Å². The van der Waals surface area contributed by atoms with Crippen LogP contribution in [0.1, 0.15) is 37.1 Å². The molecule has 110 valence electrons. The molecule has 1 amide bonds. The number of hydrogen-bond donors (Lipinski definition) is 1. The Morgan fingerprint density at radius 2 is 2.15 bits per heavy atom. The highest BCUT2D eigenvalue weighted by Crippen LogP contribution is 2.17. The van der Waals surface area contributed by atoms with Gasteiger partial charge in [0.2, 0.25) is 5.91 Å². The highest BCUT2D eigenvalue weighted by Gasteiger charge is 2.14. The molecule has 0 atom stereocenters. The molecule has 0 saturated heterocycles. The number of hydrogen-bond acceptors (Lipinski definition) is 3. The van der Waals surface area contributed by atoms with Crippen molar-refractivity contribution in [1.82, 2.24) is 4.90 Å². The topological polar surface area (TPSA) is 57.6 Å². The number of amides is 1. The van der Waals surface area contributed by atoms with Gasteiger partial charge in [-0.3, -0.25) is 9.59 Å². The first-order chi connectivity index (χ1) is 9.41. The van der Waals surface area contributed by atoms with Crippen molar-refractivity contribution in [3.63, 3.8) is 0 Å². The molecule has 0 fully saturated rings. The summed E-state index contributed by atoms with van der Waals surface area (Å²) in [4.78, 5) is 25.5. The van der Waals surface area contributed by atoms with Crippen LogP contribution in [-0.2, 0) is 9.59 Å². The van der Waals surface area contributed by atoms with Gasteiger partial charge in [0.15, 0.2) is 0 Å². The molecule has 0 radical (unpaired) electrons. The number of rotatable bonds is 7. The summed E-state index contributed by atoms with van der Waals surface area (Å²) in [6.07, 6.45) is 3.96. The second-order valence-electron chi connectivity index (χ2n) is 4.92. The summed E-state index contributed by atoms with van der Waals surface area (Å²) in [6.45, 7) is 6.34. The molecule has 1 aromatic rings. The zero-order valence-electron chi connectivity index (χ0n) is 12.1. The number of thiophene rings is 1. The van der Waals surface area contributed by atoms with Gasteiger partial charge in [-0.2, -0.15) is 0 Å². The molecule has 0 aliphatic heterocycles. The Labute approximate surface area is 123 Å². The van der Waals surface area contributed by atoms with Crippen LogP contribution < -0.4 is 0 Å². The van der Waals surface area contributed by atoms with Gasteiger partial charge < -0.3 is 10.0 Å². The van der Waals surface area contributed by atoms with Crippen molar-refractivity contribution in [3.8, 4) is 0 Å². The predicted molar refractivity (Wildman–Crippen MR) is 81.8 cm³/mol. The Kier molecular flexibility index (Phi) is 6.45. The molecular weight excluding hydrogens is 274 g/mol. The molecule has 0 aliphatic rings. The molecule has 1 aromatic heterocycles. The first-order valence-electron chi connectivity index (χ1n) is 6.66. The average molecular weight is 295 g/mol. The maximum atomic E-state index is 12.2. The lowest BCUT2D eigenvalue weighted by Gasteiger charge is -2.25. The molecule has 0 saturated carbocycles. The van der Waals surface area contributed by atoms with Crippen LogP contribution in [0.5, 0.6) is 0 Å². The van der Waals surface area contributed by atoms with Crippen molar-refractivity contribution >= 4 is 29.3 Å². The largest absolute Gasteiger partial charge is 0.481 e. The van der Waals surface area contributed by atoms with E-state index in [1.807, 2.05) is 38.3 Å². The van der Waals surface area contributed by atoms with E-state index in [9.17, 15) is 9.59 Å². The third kappa shape index (κ3) is 5.17. The third-order valence-corrected chi connectivity index (χ3v) is 3.96. The Balaban J connectivity index is 2.62. The zero-order chi connectivity index (χ0) is 15.1. The monoisotopic (exact) mass is 295 g/mol. The molecule has 0 aromatic carbocycles. The van der Waals surface area contributed by atoms with Gasteiger partial charge in [-0.15, -0.1) is 11.3 Å². The number of carbonyl (C=O) groups excluding carboxylic acids is 1. The van der Waals surface area contributed by atoms with E-state index in [2.05, 4.69) is 0 Å². The smallest absolute Gasteiger partial charge is 0.303 e. The molecule has 0 spiro atoms. The van der Waals surface area contributed by atoms with Gasteiger partial charge in [0, 0.05) is 30.0 Å². The van der Waals surface area contributed by atoms with E-state index < -0.39 is 5.97 Å². The van der Waals surface area contributed by atoms with Crippen molar-refractivity contribution in [2.45, 2.75) is 39.7 Å². The minimum Gasteiger partial charge on any atom is -0.481 e. The molecule has 5 heteroatoms. The van der Waals surface area contributed by atoms with Crippen LogP contribution in [0.3, 0.4) is 0 Å². The number of aliphatic carboxylic acids is 1. The fourth-order valence-corrected chi connectivity index (χ4v) is 2.64. The molecule has 1 rings (SSSR count). The Bertz CT molecular complexity index is 491. The highest BCUT2D eigenvalue weighted by molar-refractivity contribution is 7.11. The van der Waals surface area contributed by atoms with Crippen LogP contribution in [0.2, 0.25) is 0 Å². The minimum atomic E-state index is -0.828. The summed E-state index contributed by atoms with van der Waals surface area (Å²) in [5, 5.41) is 10.6. The summed E-state index contributed by atoms with van der Waals surface area (Å²) in [6, 6.07) is 2.08. The van der Waals surface area contributed by atoms with E-state index in [0.29, 0.717) is 13.0 Å². The first kappa shape index (κ1) is 16.4. The quantitative estimate of drug-likeness (QED) is 0.786. The standard InChI is InChI=1S/C15H21NO3S/c1-11(2)16(9-4-5-15(18)19)14(17)7-6-13-12(3)8-10-20-13/h6-8,10-11H,4-5,9H2,1-3H3,(H,18,19)/b7-6+. The highest BCUT2D eigenvalue weighted by atomic mass is 32.1. The van der Waals surface area contributed by atoms with Crippen LogP contribution in [0, 0.1) is 6.92 Å². The van der Waals surface area contributed by atoms with Gasteiger partial charge in [0.25, 0.3) is 0 Å². The maximum Gasteiger partial charge on any atom is 0.303 e. The third-order valence-electron chi connectivity index (χ3n) is 2.98. The molecule has 1 heterocycles. The lowest BCUT2D eigenvalue weighted by atomic mass is 10.2. The fraction of sp³-hybridized carbons (Fsp3) is 0.467. The summed E-state index contributed by atoms with van der Waals surface area (Å²) in [7, 11) is 0. The lowest BCUT2D eigenvalue weighted by Crippen LogP contribution is -2.36. The Hall–Kier alpha value is -1.62. The van der Waals surface area contributed by atoms with E-state index in [1.165, 1.54) is 0 Å². The lowest BCUT2D eigenvalue weighted by molar-refractivity contribution is -0.138. The summed E-state index contributed by atoms with van der Waals surface area (Å²) in [5.41, 5.74) is 1.15. The maximum absolute atomic E-state index is 12.2. The second kappa shape index (κ2) is 7.85. The number of carboxylic acids is 1. The van der Waals surface area contributed by atoms with Crippen molar-refractivity contribution < 1.29 is 14.7 Å². The summed E-state index contributed by atoms with van der Waals surface area (Å²) < 4.78 is 0. The Morgan fingerprint density at radius 3 is 2.65 bits per heavy atom. The first-order valence-corrected chi connectivity index (χ1v) is 7.54. The van der Waals surface area contributed by atoms with Gasteiger partial charge in [-0.25, -0.2) is 0 Å². The van der Waals surface area contributed by atoms with Gasteiger partial charge in [0.1, 0.15) is 0 Å². The predicted octanol–water partition coefficient (Wildman–Crippen LogP) is 3.17. The van der Waals surface area contributed by atoms with Gasteiger partial charge in [-0.05, 0) is 50.3 Å². The van der Waals surface area contributed by atoms with Crippen molar-refractivity contribution in [2.24, 2.45) is 0 Å². The molecule has 4 nitrogen and oxygen atoms in total. The van der Waals surface area contributed by atoms with E-state index in [0.717, 1.165) is 10.4 Å². The van der Waals surface area contributed by atoms with Crippen LogP contribution in [0.25, 0.3) is 6.08 Å². The molecule has 0 aliphatic carbocycles. The molecule has 0 unspecified atom stereocenters. The number of carboxylic acid groups (broad SMARTS) is 1. The SMILES string of the molecule is Cc1ccsc1/C=C/C(=O)N(CCCC(=O)O)C(C)C. The molecule has 1 N–H and O–H groups in total. The van der Waals surface area contributed by atoms with Gasteiger partial charge in [0.05, 0.1) is 0 Å². The number of aryl methyl sites for hydroxylation is 1. The Morgan fingerprint density at radius 1 is 1.45 bits per heavy atom. The minimum absolute atomic E-state index is 0.0605. The van der Waals surface area contributed by atoms with Crippen LogP contribution in [0.4, 0.5) is 0 Å². The van der Waals surface area contributed by atoms with Crippen molar-refractivity contribution in [2.75, 3.05) is 6.54 Å². The van der Waals surface area contributed by atoms with Crippen LogP contribution in [0.15, 0.2) is 17.5 Å². The van der Waals surface area contributed by atoms with E-state index in [4.69, 9.17) is 5.11 Å². The molecule has 0 bridgehead atoms. The fourth-order valence-electron chi connectivity index (χ4n) is 1.82. The normalized spacial score (nSPS) is 11.2. The van der Waals surface area contributed by atoms with Crippen LogP contribution in [-0.4, -0.2) is 34.5 Å². The molecule has 20 heavy (non-hydrogen) atoms.